The molecule has 0 saturated carbocycles. The van der Waals surface area contributed by atoms with Crippen LogP contribution in [0.5, 0.6) is 0 Å². The van der Waals surface area contributed by atoms with E-state index >= 15 is 0 Å². The van der Waals surface area contributed by atoms with E-state index in [2.05, 4.69) is 43.5 Å². The molecular weight excluding hydrogens is 687 g/mol. The van der Waals surface area contributed by atoms with E-state index in [1.54, 1.807) is 6.08 Å². The second-order valence-corrected chi connectivity index (χ2v) is 17.2. The van der Waals surface area contributed by atoms with E-state index in [4.69, 9.17) is 0 Å². The van der Waals surface area contributed by atoms with E-state index in [1.165, 1.54) is 218 Å². The van der Waals surface area contributed by atoms with E-state index in [-0.39, 0.29) is 12.5 Å². The first-order valence-corrected chi connectivity index (χ1v) is 25.2. The lowest BCUT2D eigenvalue weighted by Gasteiger charge is -2.20. The van der Waals surface area contributed by atoms with E-state index in [0.717, 1.165) is 32.1 Å². The molecule has 0 radical (unpaired) electrons. The van der Waals surface area contributed by atoms with Crippen molar-refractivity contribution in [3.63, 3.8) is 0 Å². The van der Waals surface area contributed by atoms with Gasteiger partial charge in [-0.3, -0.25) is 4.79 Å². The van der Waals surface area contributed by atoms with E-state index < -0.39 is 12.1 Å². The monoisotopic (exact) mass is 786 g/mol. The maximum absolute atomic E-state index is 12.4. The number of unbranched alkanes of at least 4 members (excludes halogenated alkanes) is 35. The predicted octanol–water partition coefficient (Wildman–Crippen LogP) is 16.1. The van der Waals surface area contributed by atoms with Crippen LogP contribution in [0.1, 0.15) is 271 Å². The van der Waals surface area contributed by atoms with Crippen LogP contribution in [0.3, 0.4) is 0 Å². The van der Waals surface area contributed by atoms with Gasteiger partial charge in [0.2, 0.25) is 5.91 Å². The smallest absolute Gasteiger partial charge is 0.220 e. The van der Waals surface area contributed by atoms with Gasteiger partial charge < -0.3 is 15.5 Å². The highest BCUT2D eigenvalue weighted by molar-refractivity contribution is 5.76. The van der Waals surface area contributed by atoms with Crippen LogP contribution >= 0.6 is 0 Å². The number of allylic oxidation sites excluding steroid dienone is 5. The molecule has 0 fully saturated rings. The second-order valence-electron chi connectivity index (χ2n) is 17.2. The molecule has 0 aromatic carbocycles. The molecule has 330 valence electrons. The SMILES string of the molecule is CCCCCCCCCCC/C=C\C/C=C\CCCCCCCCCCCC(=O)NC(CO)C(O)/C=C/CCCCCCCCCCCCCCCCCCC. The van der Waals surface area contributed by atoms with Crippen molar-refractivity contribution in [1.29, 1.82) is 0 Å². The van der Waals surface area contributed by atoms with Crippen LogP contribution < -0.4 is 5.32 Å². The third-order valence-corrected chi connectivity index (χ3v) is 11.6. The fraction of sp³-hybridized carbons (Fsp3) is 0.865. The first-order chi connectivity index (χ1) is 27.7. The second kappa shape index (κ2) is 48.0. The molecule has 0 rings (SSSR count). The van der Waals surface area contributed by atoms with Gasteiger partial charge in [-0.1, -0.05) is 249 Å². The Kier molecular flexibility index (Phi) is 46.8. The Balaban J connectivity index is 3.54. The van der Waals surface area contributed by atoms with Crippen molar-refractivity contribution in [2.75, 3.05) is 6.61 Å². The highest BCUT2D eigenvalue weighted by Gasteiger charge is 2.18. The average Bonchev–Trinajstić information content (AvgIpc) is 3.20. The van der Waals surface area contributed by atoms with Crippen molar-refractivity contribution in [3.05, 3.63) is 36.5 Å². The lowest BCUT2D eigenvalue weighted by atomic mass is 10.0. The molecule has 0 saturated heterocycles. The fourth-order valence-corrected chi connectivity index (χ4v) is 7.74. The first kappa shape index (κ1) is 54.6. The topological polar surface area (TPSA) is 69.6 Å². The zero-order valence-electron chi connectivity index (χ0n) is 37.9. The summed E-state index contributed by atoms with van der Waals surface area (Å²) in [7, 11) is 0. The molecule has 0 aromatic rings. The van der Waals surface area contributed by atoms with Gasteiger partial charge in [0, 0.05) is 6.42 Å². The van der Waals surface area contributed by atoms with Crippen molar-refractivity contribution in [2.24, 2.45) is 0 Å². The van der Waals surface area contributed by atoms with Gasteiger partial charge in [0.1, 0.15) is 0 Å². The summed E-state index contributed by atoms with van der Waals surface area (Å²) in [5.74, 6) is -0.0659. The van der Waals surface area contributed by atoms with Gasteiger partial charge in [-0.15, -0.1) is 0 Å². The van der Waals surface area contributed by atoms with Crippen LogP contribution in [0, 0.1) is 0 Å². The molecule has 0 aliphatic rings. The number of nitrogens with one attached hydrogen (secondary N) is 1. The lowest BCUT2D eigenvalue weighted by molar-refractivity contribution is -0.123. The summed E-state index contributed by atoms with van der Waals surface area (Å²) < 4.78 is 0. The predicted molar refractivity (Wildman–Crippen MR) is 248 cm³/mol. The number of aliphatic hydroxyl groups excluding tert-OH is 2. The summed E-state index contributed by atoms with van der Waals surface area (Å²) in [6, 6.07) is -0.624. The van der Waals surface area contributed by atoms with Gasteiger partial charge in [-0.25, -0.2) is 0 Å². The Labute approximate surface area is 351 Å². The summed E-state index contributed by atoms with van der Waals surface area (Å²) in [4.78, 5) is 12.4. The Morgan fingerprint density at radius 3 is 1.07 bits per heavy atom. The van der Waals surface area contributed by atoms with Crippen LogP contribution in [0.2, 0.25) is 0 Å². The maximum atomic E-state index is 12.4. The summed E-state index contributed by atoms with van der Waals surface area (Å²) in [6.07, 6.45) is 64.2. The molecule has 0 spiro atoms. The number of carbonyl (C=O) groups excluding carboxylic acids is 1. The molecule has 0 aliphatic carbocycles. The molecule has 2 unspecified atom stereocenters. The third kappa shape index (κ3) is 43.7. The minimum absolute atomic E-state index is 0.0659. The van der Waals surface area contributed by atoms with E-state index in [0.29, 0.717) is 6.42 Å². The third-order valence-electron chi connectivity index (χ3n) is 11.6. The van der Waals surface area contributed by atoms with Gasteiger partial charge in [0.05, 0.1) is 18.8 Å². The highest BCUT2D eigenvalue weighted by atomic mass is 16.3. The van der Waals surface area contributed by atoms with Gasteiger partial charge in [-0.05, 0) is 51.4 Å². The van der Waals surface area contributed by atoms with E-state index in [9.17, 15) is 15.0 Å². The van der Waals surface area contributed by atoms with Gasteiger partial charge in [0.25, 0.3) is 0 Å². The molecule has 4 nitrogen and oxygen atoms in total. The van der Waals surface area contributed by atoms with E-state index in [1.807, 2.05) is 6.08 Å². The number of amides is 1. The molecule has 56 heavy (non-hydrogen) atoms. The summed E-state index contributed by atoms with van der Waals surface area (Å²) >= 11 is 0. The molecule has 4 heteroatoms. The number of rotatable bonds is 46. The number of carbonyl (C=O) groups is 1. The van der Waals surface area contributed by atoms with Crippen LogP contribution in [0.4, 0.5) is 0 Å². The zero-order chi connectivity index (χ0) is 40.7. The molecule has 0 heterocycles. The van der Waals surface area contributed by atoms with Crippen molar-refractivity contribution in [2.45, 2.75) is 283 Å². The molecule has 0 bridgehead atoms. The molecule has 0 aliphatic heterocycles. The Morgan fingerprint density at radius 2 is 0.732 bits per heavy atom. The fourth-order valence-electron chi connectivity index (χ4n) is 7.74. The number of hydrogen-bond acceptors (Lipinski definition) is 3. The van der Waals surface area contributed by atoms with Gasteiger partial charge in [-0.2, -0.15) is 0 Å². The van der Waals surface area contributed by atoms with Crippen LogP contribution in [0.25, 0.3) is 0 Å². The molecular formula is C52H99NO3. The average molecular weight is 786 g/mol. The maximum Gasteiger partial charge on any atom is 0.220 e. The highest BCUT2D eigenvalue weighted by Crippen LogP contribution is 2.16. The molecule has 0 aromatic heterocycles. The molecule has 3 N–H and O–H groups in total. The normalized spacial score (nSPS) is 13.1. The standard InChI is InChI=1S/C52H99NO3/c1-3-5-7-9-11-13-15-17-19-21-23-24-25-26-27-28-30-32-34-36-38-40-42-44-46-48-52(56)53-50(49-54)51(55)47-45-43-41-39-37-35-33-31-29-22-20-18-16-14-12-10-8-6-4-2/h23-24,26-27,45,47,50-51,54-55H,3-22,25,28-44,46,48-49H2,1-2H3,(H,53,56)/b24-23-,27-26-,47-45+. The summed E-state index contributed by atoms with van der Waals surface area (Å²) in [5.41, 5.74) is 0. The molecule has 2 atom stereocenters. The Morgan fingerprint density at radius 1 is 0.429 bits per heavy atom. The zero-order valence-corrected chi connectivity index (χ0v) is 37.9. The van der Waals surface area contributed by atoms with Crippen molar-refractivity contribution < 1.29 is 15.0 Å². The van der Waals surface area contributed by atoms with Gasteiger partial charge in [0.15, 0.2) is 0 Å². The Hall–Kier alpha value is -1.39. The summed E-state index contributed by atoms with van der Waals surface area (Å²) in [6.45, 7) is 4.33. The van der Waals surface area contributed by atoms with Crippen LogP contribution in [0.15, 0.2) is 36.5 Å². The Bertz CT molecular complexity index is 851. The van der Waals surface area contributed by atoms with Crippen molar-refractivity contribution >= 4 is 5.91 Å². The van der Waals surface area contributed by atoms with Crippen molar-refractivity contribution in [3.8, 4) is 0 Å². The number of hydrogen-bond donors (Lipinski definition) is 3. The molecule has 1 amide bonds. The minimum atomic E-state index is -0.841. The van der Waals surface area contributed by atoms with Crippen LogP contribution in [-0.2, 0) is 4.79 Å². The minimum Gasteiger partial charge on any atom is -0.394 e. The largest absolute Gasteiger partial charge is 0.394 e. The van der Waals surface area contributed by atoms with Crippen LogP contribution in [-0.4, -0.2) is 34.9 Å². The van der Waals surface area contributed by atoms with Crippen molar-refractivity contribution in [1.82, 2.24) is 5.32 Å². The summed E-state index contributed by atoms with van der Waals surface area (Å²) in [5, 5.41) is 23.1. The quantitative estimate of drug-likeness (QED) is 0.0425. The van der Waals surface area contributed by atoms with Gasteiger partial charge >= 0.3 is 0 Å². The number of aliphatic hydroxyl groups is 2. The lowest BCUT2D eigenvalue weighted by Crippen LogP contribution is -2.45. The first-order valence-electron chi connectivity index (χ1n) is 25.2.